The zero-order valence-corrected chi connectivity index (χ0v) is 12.6. The first-order chi connectivity index (χ1) is 10.5. The summed E-state index contributed by atoms with van der Waals surface area (Å²) >= 11 is 11.5. The molecule has 1 N–H and O–H groups in total. The topological polar surface area (TPSA) is 55.4 Å². The van der Waals surface area contributed by atoms with Gasteiger partial charge >= 0.3 is 5.97 Å². The van der Waals surface area contributed by atoms with Gasteiger partial charge in [0.05, 0.1) is 15.6 Å². The smallest absolute Gasteiger partial charge is 0.338 e. The van der Waals surface area contributed by atoms with E-state index in [-0.39, 0.29) is 10.6 Å². The fraction of sp³-hybridized carbons (Fsp3) is 0.0667. The van der Waals surface area contributed by atoms with Crippen molar-refractivity contribution in [2.45, 2.75) is 0 Å². The molecule has 1 amide bonds. The molecule has 0 unspecified atom stereocenters. The van der Waals surface area contributed by atoms with Gasteiger partial charge in [0.2, 0.25) is 0 Å². The van der Waals surface area contributed by atoms with Crippen LogP contribution >= 0.6 is 23.2 Å². The highest BCUT2D eigenvalue weighted by atomic mass is 35.5. The van der Waals surface area contributed by atoms with Crippen molar-refractivity contribution in [1.82, 2.24) is 0 Å². The van der Waals surface area contributed by atoms with E-state index >= 15 is 0 Å². The van der Waals surface area contributed by atoms with Crippen molar-refractivity contribution in [2.24, 2.45) is 0 Å². The van der Waals surface area contributed by atoms with Crippen molar-refractivity contribution >= 4 is 40.8 Å². The number of carbonyl (C=O) groups is 2. The lowest BCUT2D eigenvalue weighted by Gasteiger charge is -2.07. The highest BCUT2D eigenvalue weighted by Crippen LogP contribution is 2.22. The first-order valence-corrected chi connectivity index (χ1v) is 6.89. The summed E-state index contributed by atoms with van der Waals surface area (Å²) in [5, 5.41) is 2.99. The van der Waals surface area contributed by atoms with Crippen molar-refractivity contribution < 1.29 is 18.7 Å². The molecule has 0 saturated heterocycles. The molecule has 4 nitrogen and oxygen atoms in total. The standard InChI is InChI=1S/C15H10Cl2FNO3/c16-12-6-1-9(7-13(12)17)15(21)22-8-14(20)19-11-4-2-10(18)3-5-11/h1-7H,8H2,(H,19,20). The van der Waals surface area contributed by atoms with Crippen LogP contribution in [0.15, 0.2) is 42.5 Å². The molecule has 0 bridgehead atoms. The van der Waals surface area contributed by atoms with E-state index in [0.29, 0.717) is 10.7 Å². The normalized spacial score (nSPS) is 10.1. The Morgan fingerprint density at radius 3 is 2.36 bits per heavy atom. The molecule has 0 saturated carbocycles. The molecule has 2 aromatic rings. The van der Waals surface area contributed by atoms with Crippen molar-refractivity contribution in [3.63, 3.8) is 0 Å². The van der Waals surface area contributed by atoms with Crippen molar-refractivity contribution in [3.8, 4) is 0 Å². The van der Waals surface area contributed by atoms with Gasteiger partial charge in [0, 0.05) is 5.69 Å². The minimum absolute atomic E-state index is 0.184. The maximum absolute atomic E-state index is 12.7. The Balaban J connectivity index is 1.88. The Hall–Kier alpha value is -2.11. The fourth-order valence-corrected chi connectivity index (χ4v) is 1.87. The molecule has 0 aliphatic carbocycles. The molecule has 0 atom stereocenters. The Kier molecular flexibility index (Phi) is 5.35. The summed E-state index contributed by atoms with van der Waals surface area (Å²) in [5.74, 6) is -1.66. The average Bonchev–Trinajstić information content (AvgIpc) is 2.50. The number of benzene rings is 2. The summed E-state index contributed by atoms with van der Waals surface area (Å²) < 4.78 is 17.6. The van der Waals surface area contributed by atoms with E-state index in [1.54, 1.807) is 0 Å². The Morgan fingerprint density at radius 2 is 1.73 bits per heavy atom. The van der Waals surface area contributed by atoms with Gasteiger partial charge in [-0.3, -0.25) is 4.79 Å². The van der Waals surface area contributed by atoms with E-state index in [2.05, 4.69) is 5.32 Å². The SMILES string of the molecule is O=C(COC(=O)c1ccc(Cl)c(Cl)c1)Nc1ccc(F)cc1. The minimum atomic E-state index is -0.701. The number of nitrogens with one attached hydrogen (secondary N) is 1. The number of rotatable bonds is 4. The van der Waals surface area contributed by atoms with Gasteiger partial charge < -0.3 is 10.1 Å². The first kappa shape index (κ1) is 16.3. The number of esters is 1. The van der Waals surface area contributed by atoms with Crippen LogP contribution in [0.4, 0.5) is 10.1 Å². The molecule has 0 aromatic heterocycles. The van der Waals surface area contributed by atoms with E-state index in [0.717, 1.165) is 0 Å². The fourth-order valence-electron chi connectivity index (χ4n) is 1.57. The lowest BCUT2D eigenvalue weighted by molar-refractivity contribution is -0.119. The molecular formula is C15H10Cl2FNO3. The molecule has 2 rings (SSSR count). The van der Waals surface area contributed by atoms with E-state index in [9.17, 15) is 14.0 Å². The van der Waals surface area contributed by atoms with Gasteiger partial charge in [0.15, 0.2) is 6.61 Å². The summed E-state index contributed by atoms with van der Waals surface area (Å²) in [6, 6.07) is 9.45. The van der Waals surface area contributed by atoms with E-state index in [4.69, 9.17) is 27.9 Å². The van der Waals surface area contributed by atoms with Crippen molar-refractivity contribution in [1.29, 1.82) is 0 Å². The predicted octanol–water partition coefficient (Wildman–Crippen LogP) is 3.93. The second-order valence-corrected chi connectivity index (χ2v) is 5.07. The minimum Gasteiger partial charge on any atom is -0.452 e. The van der Waals surface area contributed by atoms with Crippen LogP contribution in [0.25, 0.3) is 0 Å². The second-order valence-electron chi connectivity index (χ2n) is 4.26. The lowest BCUT2D eigenvalue weighted by Crippen LogP contribution is -2.20. The third-order valence-electron chi connectivity index (χ3n) is 2.62. The largest absolute Gasteiger partial charge is 0.452 e. The second kappa shape index (κ2) is 7.24. The van der Waals surface area contributed by atoms with Crippen LogP contribution in [-0.4, -0.2) is 18.5 Å². The summed E-state index contributed by atoms with van der Waals surface area (Å²) in [6.45, 7) is -0.476. The number of amides is 1. The molecule has 7 heteroatoms. The Morgan fingerprint density at radius 1 is 1.05 bits per heavy atom. The number of hydrogen-bond donors (Lipinski definition) is 1. The number of halogens is 3. The molecule has 0 aliphatic rings. The molecule has 0 radical (unpaired) electrons. The molecule has 0 heterocycles. The molecule has 22 heavy (non-hydrogen) atoms. The molecule has 114 valence electrons. The zero-order valence-electron chi connectivity index (χ0n) is 11.1. The van der Waals surface area contributed by atoms with Crippen LogP contribution in [0, 0.1) is 5.82 Å². The van der Waals surface area contributed by atoms with Gasteiger partial charge in [-0.2, -0.15) is 0 Å². The van der Waals surface area contributed by atoms with Gasteiger partial charge in [-0.15, -0.1) is 0 Å². The maximum atomic E-state index is 12.7. The van der Waals surface area contributed by atoms with E-state index in [1.165, 1.54) is 42.5 Å². The summed E-state index contributed by atoms with van der Waals surface area (Å²) in [6.07, 6.45) is 0. The molecule has 2 aromatic carbocycles. The van der Waals surface area contributed by atoms with Gasteiger partial charge in [-0.25, -0.2) is 9.18 Å². The van der Waals surface area contributed by atoms with Gasteiger partial charge in [0.1, 0.15) is 5.82 Å². The maximum Gasteiger partial charge on any atom is 0.338 e. The molecular weight excluding hydrogens is 332 g/mol. The molecule has 0 fully saturated rings. The average molecular weight is 342 g/mol. The van der Waals surface area contributed by atoms with Gasteiger partial charge in [0.25, 0.3) is 5.91 Å². The predicted molar refractivity (Wildman–Crippen MR) is 81.8 cm³/mol. The third kappa shape index (κ3) is 4.44. The quantitative estimate of drug-likeness (QED) is 0.857. The summed E-state index contributed by atoms with van der Waals surface area (Å²) in [7, 11) is 0. The molecule has 0 aliphatic heterocycles. The number of hydrogen-bond acceptors (Lipinski definition) is 3. The van der Waals surface area contributed by atoms with Crippen LogP contribution in [-0.2, 0) is 9.53 Å². The highest BCUT2D eigenvalue weighted by Gasteiger charge is 2.12. The molecule has 0 spiro atoms. The monoisotopic (exact) mass is 341 g/mol. The highest BCUT2D eigenvalue weighted by molar-refractivity contribution is 6.42. The summed E-state index contributed by atoms with van der Waals surface area (Å²) in [5.41, 5.74) is 0.584. The van der Waals surface area contributed by atoms with E-state index in [1.807, 2.05) is 0 Å². The number of carbonyl (C=O) groups excluding carboxylic acids is 2. The lowest BCUT2D eigenvalue weighted by atomic mass is 10.2. The summed E-state index contributed by atoms with van der Waals surface area (Å²) in [4.78, 5) is 23.4. The van der Waals surface area contributed by atoms with Crippen molar-refractivity contribution in [2.75, 3.05) is 11.9 Å². The number of anilines is 1. The third-order valence-corrected chi connectivity index (χ3v) is 3.36. The van der Waals surface area contributed by atoms with Crippen LogP contribution in [0.5, 0.6) is 0 Å². The van der Waals surface area contributed by atoms with Crippen molar-refractivity contribution in [3.05, 3.63) is 63.9 Å². The van der Waals surface area contributed by atoms with E-state index < -0.39 is 24.3 Å². The van der Waals surface area contributed by atoms with Crippen LogP contribution in [0.2, 0.25) is 10.0 Å². The van der Waals surface area contributed by atoms with Crippen LogP contribution in [0.3, 0.4) is 0 Å². The Labute approximate surface area is 135 Å². The zero-order chi connectivity index (χ0) is 16.1. The van der Waals surface area contributed by atoms with Gasteiger partial charge in [-0.05, 0) is 42.5 Å². The van der Waals surface area contributed by atoms with Crippen LogP contribution in [0.1, 0.15) is 10.4 Å². The number of ether oxygens (including phenoxy) is 1. The van der Waals surface area contributed by atoms with Gasteiger partial charge in [-0.1, -0.05) is 23.2 Å². The first-order valence-electron chi connectivity index (χ1n) is 6.13. The Bertz CT molecular complexity index is 704. The van der Waals surface area contributed by atoms with Crippen LogP contribution < -0.4 is 5.32 Å².